The number of nitro benzene ring substituents is 1. The fourth-order valence-electron chi connectivity index (χ4n) is 3.57. The molecule has 0 spiro atoms. The molecular formula is C22H26N4O5. The summed E-state index contributed by atoms with van der Waals surface area (Å²) in [6.45, 7) is 4.28. The van der Waals surface area contributed by atoms with E-state index in [-0.39, 0.29) is 17.2 Å². The first-order valence-corrected chi connectivity index (χ1v) is 10.1. The number of methoxy groups -OCH3 is 1. The summed E-state index contributed by atoms with van der Waals surface area (Å²) in [4.78, 5) is 39.7. The number of nitrogens with one attached hydrogen (secondary N) is 1. The molecule has 0 aromatic heterocycles. The summed E-state index contributed by atoms with van der Waals surface area (Å²) < 4.78 is 5.20. The van der Waals surface area contributed by atoms with E-state index < -0.39 is 16.9 Å². The lowest BCUT2D eigenvalue weighted by atomic mass is 10.1. The van der Waals surface area contributed by atoms with E-state index in [2.05, 4.69) is 10.2 Å². The Hall–Kier alpha value is -3.62. The van der Waals surface area contributed by atoms with Gasteiger partial charge in [0.05, 0.1) is 12.0 Å². The molecule has 164 valence electrons. The smallest absolute Gasteiger partial charge is 0.270 e. The second-order valence-corrected chi connectivity index (χ2v) is 7.37. The second kappa shape index (κ2) is 9.92. The molecule has 0 bridgehead atoms. The van der Waals surface area contributed by atoms with Crippen molar-refractivity contribution in [1.29, 1.82) is 0 Å². The first-order valence-electron chi connectivity index (χ1n) is 10.1. The van der Waals surface area contributed by atoms with Crippen LogP contribution in [0.25, 0.3) is 0 Å². The highest BCUT2D eigenvalue weighted by Gasteiger charge is 2.25. The number of amides is 2. The quantitative estimate of drug-likeness (QED) is 0.562. The zero-order valence-corrected chi connectivity index (χ0v) is 17.6. The number of nitro groups is 1. The maximum absolute atomic E-state index is 12.9. The first-order chi connectivity index (χ1) is 14.9. The van der Waals surface area contributed by atoms with Gasteiger partial charge in [-0.1, -0.05) is 6.07 Å². The van der Waals surface area contributed by atoms with Crippen molar-refractivity contribution in [3.05, 3.63) is 64.2 Å². The molecule has 31 heavy (non-hydrogen) atoms. The molecule has 0 aliphatic carbocycles. The number of hydrogen-bond acceptors (Lipinski definition) is 6. The number of carbonyl (C=O) groups excluding carboxylic acids is 2. The van der Waals surface area contributed by atoms with Crippen molar-refractivity contribution >= 4 is 23.2 Å². The monoisotopic (exact) mass is 426 g/mol. The molecule has 1 unspecified atom stereocenters. The molecule has 2 amide bonds. The van der Waals surface area contributed by atoms with E-state index in [9.17, 15) is 19.7 Å². The molecule has 1 aliphatic heterocycles. The third-order valence-corrected chi connectivity index (χ3v) is 5.28. The van der Waals surface area contributed by atoms with Crippen molar-refractivity contribution in [1.82, 2.24) is 10.2 Å². The van der Waals surface area contributed by atoms with Gasteiger partial charge in [0.1, 0.15) is 11.8 Å². The van der Waals surface area contributed by atoms with Crippen LogP contribution in [0.4, 0.5) is 11.4 Å². The van der Waals surface area contributed by atoms with Gasteiger partial charge in [-0.2, -0.15) is 0 Å². The summed E-state index contributed by atoms with van der Waals surface area (Å²) in [7, 11) is 1.63. The van der Waals surface area contributed by atoms with Crippen molar-refractivity contribution in [2.45, 2.75) is 19.4 Å². The number of non-ortho nitro benzene ring substituents is 1. The van der Waals surface area contributed by atoms with Gasteiger partial charge in [0.2, 0.25) is 5.91 Å². The average molecular weight is 426 g/mol. The fourth-order valence-corrected chi connectivity index (χ4v) is 3.57. The van der Waals surface area contributed by atoms with Crippen molar-refractivity contribution in [2.75, 3.05) is 38.2 Å². The van der Waals surface area contributed by atoms with Crippen LogP contribution in [0.2, 0.25) is 0 Å². The van der Waals surface area contributed by atoms with E-state index in [0.717, 1.165) is 24.4 Å². The minimum Gasteiger partial charge on any atom is -0.497 e. The highest BCUT2D eigenvalue weighted by atomic mass is 16.6. The normalized spacial score (nSPS) is 15.0. The molecule has 9 nitrogen and oxygen atoms in total. The van der Waals surface area contributed by atoms with E-state index in [1.54, 1.807) is 18.9 Å². The van der Waals surface area contributed by atoms with Crippen LogP contribution < -0.4 is 15.0 Å². The number of benzene rings is 2. The predicted octanol–water partition coefficient (Wildman–Crippen LogP) is 2.46. The van der Waals surface area contributed by atoms with Crippen LogP contribution in [0.1, 0.15) is 23.7 Å². The Morgan fingerprint density at radius 2 is 1.84 bits per heavy atom. The molecule has 1 fully saturated rings. The molecule has 0 radical (unpaired) electrons. The highest BCUT2D eigenvalue weighted by Crippen LogP contribution is 2.21. The molecular weight excluding hydrogens is 400 g/mol. The molecule has 3 rings (SSSR count). The van der Waals surface area contributed by atoms with E-state index in [1.165, 1.54) is 24.3 Å². The number of nitrogens with zero attached hydrogens (tertiary/aromatic N) is 3. The minimum absolute atomic E-state index is 0.149. The first kappa shape index (κ1) is 22.1. The Balaban J connectivity index is 1.58. The topological polar surface area (TPSA) is 105 Å². The van der Waals surface area contributed by atoms with Gasteiger partial charge in [0, 0.05) is 49.6 Å². The third-order valence-electron chi connectivity index (χ3n) is 5.28. The summed E-state index contributed by atoms with van der Waals surface area (Å²) in [6, 6.07) is 12.5. The van der Waals surface area contributed by atoms with Gasteiger partial charge in [-0.25, -0.2) is 0 Å². The Morgan fingerprint density at radius 1 is 1.10 bits per heavy atom. The summed E-state index contributed by atoms with van der Waals surface area (Å²) in [5, 5.41) is 13.6. The van der Waals surface area contributed by atoms with Gasteiger partial charge in [0.15, 0.2) is 0 Å². The lowest BCUT2D eigenvalue weighted by Gasteiger charge is -2.26. The van der Waals surface area contributed by atoms with Crippen LogP contribution in [-0.4, -0.2) is 61.0 Å². The van der Waals surface area contributed by atoms with Gasteiger partial charge >= 0.3 is 0 Å². The fraction of sp³-hybridized carbons (Fsp3) is 0.364. The third kappa shape index (κ3) is 5.50. The summed E-state index contributed by atoms with van der Waals surface area (Å²) in [5.74, 6) is 0.110. The number of carbonyl (C=O) groups is 2. The van der Waals surface area contributed by atoms with Crippen molar-refractivity contribution in [3.63, 3.8) is 0 Å². The van der Waals surface area contributed by atoms with Gasteiger partial charge in [-0.05, 0) is 43.7 Å². The zero-order chi connectivity index (χ0) is 22.4. The molecule has 0 saturated carbocycles. The van der Waals surface area contributed by atoms with Gasteiger partial charge in [-0.15, -0.1) is 0 Å². The van der Waals surface area contributed by atoms with Crippen LogP contribution in [0.3, 0.4) is 0 Å². The zero-order valence-electron chi connectivity index (χ0n) is 17.6. The number of hydrogen-bond donors (Lipinski definition) is 1. The Bertz CT molecular complexity index is 947. The van der Waals surface area contributed by atoms with E-state index in [4.69, 9.17) is 4.74 Å². The van der Waals surface area contributed by atoms with Crippen LogP contribution >= 0.6 is 0 Å². The molecule has 1 aliphatic rings. The summed E-state index contributed by atoms with van der Waals surface area (Å²) in [5.41, 5.74) is 1.05. The molecule has 2 aromatic rings. The number of ether oxygens (including phenoxy) is 1. The Morgan fingerprint density at radius 3 is 2.52 bits per heavy atom. The molecule has 1 atom stereocenters. The largest absolute Gasteiger partial charge is 0.497 e. The predicted molar refractivity (Wildman–Crippen MR) is 116 cm³/mol. The summed E-state index contributed by atoms with van der Waals surface area (Å²) in [6.07, 6.45) is 0.809. The number of anilines is 1. The average Bonchev–Trinajstić information content (AvgIpc) is 3.05. The van der Waals surface area contributed by atoms with Crippen molar-refractivity contribution in [3.8, 4) is 5.75 Å². The lowest BCUT2D eigenvalue weighted by Crippen LogP contribution is -2.48. The standard InChI is InChI=1S/C22H26N4O5/c1-16(23-21(27)17-5-3-6-19(15-17)26(29)30)22(28)25-12-4-11-24(13-14-25)18-7-9-20(31-2)10-8-18/h3,5-10,15-16H,4,11-14H2,1-2H3,(H,23,27). The van der Waals surface area contributed by atoms with Gasteiger partial charge in [0.25, 0.3) is 11.6 Å². The minimum atomic E-state index is -0.737. The molecule has 1 saturated heterocycles. The SMILES string of the molecule is COc1ccc(N2CCCN(C(=O)C(C)NC(=O)c3cccc([N+](=O)[O-])c3)CC2)cc1. The highest BCUT2D eigenvalue weighted by molar-refractivity contribution is 5.97. The van der Waals surface area contributed by atoms with Crippen LogP contribution in [0.15, 0.2) is 48.5 Å². The molecule has 1 N–H and O–H groups in total. The maximum Gasteiger partial charge on any atom is 0.270 e. The van der Waals surface area contributed by atoms with Crippen LogP contribution in [-0.2, 0) is 4.79 Å². The van der Waals surface area contributed by atoms with Crippen molar-refractivity contribution < 1.29 is 19.2 Å². The van der Waals surface area contributed by atoms with E-state index in [0.29, 0.717) is 19.6 Å². The maximum atomic E-state index is 12.9. The summed E-state index contributed by atoms with van der Waals surface area (Å²) >= 11 is 0. The van der Waals surface area contributed by atoms with Crippen LogP contribution in [0, 0.1) is 10.1 Å². The van der Waals surface area contributed by atoms with E-state index in [1.807, 2.05) is 24.3 Å². The lowest BCUT2D eigenvalue weighted by molar-refractivity contribution is -0.384. The Kier molecular flexibility index (Phi) is 7.07. The van der Waals surface area contributed by atoms with E-state index >= 15 is 0 Å². The van der Waals surface area contributed by atoms with Crippen molar-refractivity contribution in [2.24, 2.45) is 0 Å². The molecule has 2 aromatic carbocycles. The molecule has 9 heteroatoms. The molecule has 1 heterocycles. The number of rotatable bonds is 6. The Labute approximate surface area is 180 Å². The van der Waals surface area contributed by atoms with Crippen LogP contribution in [0.5, 0.6) is 5.75 Å². The van der Waals surface area contributed by atoms with Gasteiger partial charge in [-0.3, -0.25) is 19.7 Å². The second-order valence-electron chi connectivity index (χ2n) is 7.37. The van der Waals surface area contributed by atoms with Gasteiger partial charge < -0.3 is 19.9 Å².